The van der Waals surface area contributed by atoms with Gasteiger partial charge in [-0.3, -0.25) is 9.59 Å². The first kappa shape index (κ1) is 21.4. The zero-order chi connectivity index (χ0) is 21.7. The minimum atomic E-state index is -2.87. The van der Waals surface area contributed by atoms with Gasteiger partial charge in [0.2, 0.25) is 5.91 Å². The monoisotopic (exact) mass is 430 g/mol. The minimum absolute atomic E-state index is 0.0376. The summed E-state index contributed by atoms with van der Waals surface area (Å²) >= 11 is 1.30. The molecule has 2 aromatic carbocycles. The largest absolute Gasteiger partial charge is 0.435 e. The Bertz CT molecular complexity index is 1030. The molecule has 0 spiro atoms. The molecule has 5 nitrogen and oxygen atoms in total. The van der Waals surface area contributed by atoms with Gasteiger partial charge in [-0.2, -0.15) is 8.78 Å². The lowest BCUT2D eigenvalue weighted by molar-refractivity contribution is -0.128. The molecular weight excluding hydrogens is 410 g/mol. The van der Waals surface area contributed by atoms with Gasteiger partial charge in [0.05, 0.1) is 4.88 Å². The molecule has 0 aliphatic heterocycles. The standard InChI is InChI=1S/C22H20F2N2O3S/c1-14(27)26(2)13-15-4-3-5-17(12-15)25-21(28)20-11-10-19(30-20)16-6-8-18(9-7-16)29-22(23)24/h3-12,22H,13H2,1-2H3,(H,25,28). The van der Waals surface area contributed by atoms with Gasteiger partial charge in [0.15, 0.2) is 0 Å². The molecule has 1 aromatic heterocycles. The number of nitrogens with one attached hydrogen (secondary N) is 1. The van der Waals surface area contributed by atoms with E-state index in [1.807, 2.05) is 18.2 Å². The van der Waals surface area contributed by atoms with Crippen LogP contribution in [-0.2, 0) is 11.3 Å². The van der Waals surface area contributed by atoms with Crippen molar-refractivity contribution in [3.05, 3.63) is 71.1 Å². The summed E-state index contributed by atoms with van der Waals surface area (Å²) in [7, 11) is 1.72. The van der Waals surface area contributed by atoms with Crippen LogP contribution in [0.4, 0.5) is 14.5 Å². The van der Waals surface area contributed by atoms with Crippen LogP contribution in [-0.4, -0.2) is 30.4 Å². The second-order valence-corrected chi connectivity index (χ2v) is 7.68. The number of hydrogen-bond acceptors (Lipinski definition) is 4. The van der Waals surface area contributed by atoms with Crippen molar-refractivity contribution in [3.8, 4) is 16.2 Å². The lowest BCUT2D eigenvalue weighted by Crippen LogP contribution is -2.23. The number of benzene rings is 2. The highest BCUT2D eigenvalue weighted by molar-refractivity contribution is 7.17. The summed E-state index contributed by atoms with van der Waals surface area (Å²) < 4.78 is 28.9. The highest BCUT2D eigenvalue weighted by Gasteiger charge is 2.12. The summed E-state index contributed by atoms with van der Waals surface area (Å²) in [4.78, 5) is 26.9. The minimum Gasteiger partial charge on any atom is -0.435 e. The number of nitrogens with zero attached hydrogens (tertiary/aromatic N) is 1. The van der Waals surface area contributed by atoms with E-state index < -0.39 is 6.61 Å². The molecule has 0 bridgehead atoms. The van der Waals surface area contributed by atoms with Crippen molar-refractivity contribution in [2.24, 2.45) is 0 Å². The van der Waals surface area contributed by atoms with Gasteiger partial charge in [-0.15, -0.1) is 11.3 Å². The maximum atomic E-state index is 12.6. The van der Waals surface area contributed by atoms with Crippen LogP contribution in [0.1, 0.15) is 22.2 Å². The Labute approximate surface area is 176 Å². The fourth-order valence-electron chi connectivity index (χ4n) is 2.74. The molecule has 3 aromatic rings. The molecule has 8 heteroatoms. The van der Waals surface area contributed by atoms with E-state index in [9.17, 15) is 18.4 Å². The Morgan fingerprint density at radius 1 is 1.10 bits per heavy atom. The molecule has 0 aliphatic carbocycles. The quantitative estimate of drug-likeness (QED) is 0.557. The lowest BCUT2D eigenvalue weighted by Gasteiger charge is -2.15. The summed E-state index contributed by atoms with van der Waals surface area (Å²) in [6, 6.07) is 17.1. The SMILES string of the molecule is CC(=O)N(C)Cc1cccc(NC(=O)c2ccc(-c3ccc(OC(F)F)cc3)s2)c1. The summed E-state index contributed by atoms with van der Waals surface area (Å²) in [6.45, 7) is -0.915. The molecule has 3 rings (SSSR count). The molecule has 2 amide bonds. The van der Waals surface area contributed by atoms with Gasteiger partial charge in [0, 0.05) is 31.1 Å². The van der Waals surface area contributed by atoms with E-state index in [1.165, 1.54) is 30.4 Å². The third kappa shape index (κ3) is 5.64. The molecule has 0 unspecified atom stereocenters. The van der Waals surface area contributed by atoms with Gasteiger partial charge in [-0.1, -0.05) is 12.1 Å². The first-order chi connectivity index (χ1) is 14.3. The normalized spacial score (nSPS) is 10.7. The summed E-state index contributed by atoms with van der Waals surface area (Å²) in [5, 5.41) is 2.86. The second-order valence-electron chi connectivity index (χ2n) is 6.60. The van der Waals surface area contributed by atoms with Gasteiger partial charge in [0.25, 0.3) is 5.91 Å². The maximum absolute atomic E-state index is 12.6. The van der Waals surface area contributed by atoms with Crippen molar-refractivity contribution in [3.63, 3.8) is 0 Å². The van der Waals surface area contributed by atoms with Gasteiger partial charge >= 0.3 is 6.61 Å². The highest BCUT2D eigenvalue weighted by atomic mass is 32.1. The van der Waals surface area contributed by atoms with E-state index in [0.717, 1.165) is 16.0 Å². The second kappa shape index (κ2) is 9.49. The summed E-state index contributed by atoms with van der Waals surface area (Å²) in [5.41, 5.74) is 2.34. The average molecular weight is 430 g/mol. The molecule has 0 radical (unpaired) electrons. The zero-order valence-corrected chi connectivity index (χ0v) is 17.2. The first-order valence-electron chi connectivity index (χ1n) is 9.09. The number of ether oxygens (including phenoxy) is 1. The van der Waals surface area contributed by atoms with Gasteiger partial charge in [-0.25, -0.2) is 0 Å². The van der Waals surface area contributed by atoms with Crippen LogP contribution in [0.5, 0.6) is 5.75 Å². The Hall–Kier alpha value is -3.26. The molecule has 30 heavy (non-hydrogen) atoms. The summed E-state index contributed by atoms with van der Waals surface area (Å²) in [6.07, 6.45) is 0. The number of halogens is 2. The van der Waals surface area contributed by atoms with Crippen molar-refractivity contribution in [1.29, 1.82) is 0 Å². The van der Waals surface area contributed by atoms with Crippen LogP contribution in [0.3, 0.4) is 0 Å². The van der Waals surface area contributed by atoms with E-state index in [2.05, 4.69) is 10.1 Å². The van der Waals surface area contributed by atoms with E-state index in [4.69, 9.17) is 0 Å². The Balaban J connectivity index is 1.67. The number of thiophene rings is 1. The molecule has 1 N–H and O–H groups in total. The third-order valence-corrected chi connectivity index (χ3v) is 5.47. The molecular formula is C22H20F2N2O3S. The third-order valence-electron chi connectivity index (χ3n) is 4.34. The van der Waals surface area contributed by atoms with Gasteiger partial charge < -0.3 is 15.0 Å². The molecule has 0 saturated carbocycles. The summed E-state index contributed by atoms with van der Waals surface area (Å²) in [5.74, 6) is -0.205. The predicted molar refractivity (Wildman–Crippen MR) is 113 cm³/mol. The number of alkyl halides is 2. The van der Waals surface area contributed by atoms with Gasteiger partial charge in [0.1, 0.15) is 5.75 Å². The van der Waals surface area contributed by atoms with Crippen LogP contribution < -0.4 is 10.1 Å². The Morgan fingerprint density at radius 3 is 2.50 bits per heavy atom. The number of amides is 2. The van der Waals surface area contributed by atoms with E-state index in [-0.39, 0.29) is 17.6 Å². The van der Waals surface area contributed by atoms with Crippen LogP contribution in [0.25, 0.3) is 10.4 Å². The van der Waals surface area contributed by atoms with E-state index in [0.29, 0.717) is 17.1 Å². The van der Waals surface area contributed by atoms with Crippen molar-refractivity contribution in [1.82, 2.24) is 4.90 Å². The molecule has 156 valence electrons. The van der Waals surface area contributed by atoms with Crippen molar-refractivity contribution < 1.29 is 23.1 Å². The van der Waals surface area contributed by atoms with Crippen molar-refractivity contribution in [2.45, 2.75) is 20.1 Å². The lowest BCUT2D eigenvalue weighted by atomic mass is 10.2. The molecule has 0 atom stereocenters. The number of hydrogen-bond donors (Lipinski definition) is 1. The van der Waals surface area contributed by atoms with Crippen LogP contribution in [0, 0.1) is 0 Å². The van der Waals surface area contributed by atoms with Crippen LogP contribution in [0.2, 0.25) is 0 Å². The fourth-order valence-corrected chi connectivity index (χ4v) is 3.65. The molecule has 0 saturated heterocycles. The number of carbonyl (C=O) groups excluding carboxylic acids is 2. The van der Waals surface area contributed by atoms with Gasteiger partial charge in [-0.05, 0) is 59.7 Å². The van der Waals surface area contributed by atoms with Crippen LogP contribution in [0.15, 0.2) is 60.7 Å². The van der Waals surface area contributed by atoms with E-state index in [1.54, 1.807) is 42.3 Å². The molecule has 0 fully saturated rings. The smallest absolute Gasteiger partial charge is 0.387 e. The number of rotatable bonds is 7. The fraction of sp³-hybridized carbons (Fsp3) is 0.182. The average Bonchev–Trinajstić information content (AvgIpc) is 3.18. The predicted octanol–water partition coefficient (Wildman–Crippen LogP) is 5.25. The van der Waals surface area contributed by atoms with E-state index >= 15 is 0 Å². The topological polar surface area (TPSA) is 58.6 Å². The molecule has 0 aliphatic rings. The maximum Gasteiger partial charge on any atom is 0.387 e. The Morgan fingerprint density at radius 2 is 1.83 bits per heavy atom. The molecule has 1 heterocycles. The highest BCUT2D eigenvalue weighted by Crippen LogP contribution is 2.30. The first-order valence-corrected chi connectivity index (χ1v) is 9.90. The van der Waals surface area contributed by atoms with Crippen molar-refractivity contribution >= 4 is 28.8 Å². The van der Waals surface area contributed by atoms with Crippen LogP contribution >= 0.6 is 11.3 Å². The number of anilines is 1. The Kier molecular flexibility index (Phi) is 6.79. The zero-order valence-electron chi connectivity index (χ0n) is 16.4. The number of carbonyl (C=O) groups is 2. The van der Waals surface area contributed by atoms with Crippen molar-refractivity contribution in [2.75, 3.05) is 12.4 Å².